The van der Waals surface area contributed by atoms with Crippen molar-refractivity contribution in [3.63, 3.8) is 0 Å². The third-order valence-corrected chi connectivity index (χ3v) is 3.51. The smallest absolute Gasteiger partial charge is 0.254 e. The van der Waals surface area contributed by atoms with Gasteiger partial charge in [-0.1, -0.05) is 0 Å². The average Bonchev–Trinajstić information content (AvgIpc) is 3.10. The monoisotopic (exact) mass is 263 g/mol. The van der Waals surface area contributed by atoms with E-state index in [-0.39, 0.29) is 0 Å². The fraction of sp³-hybridized carbons (Fsp3) is 0.538. The first kappa shape index (κ1) is 12.2. The van der Waals surface area contributed by atoms with Gasteiger partial charge in [0.1, 0.15) is 6.26 Å². The summed E-state index contributed by atoms with van der Waals surface area (Å²) in [6, 6.07) is 1.83. The van der Waals surface area contributed by atoms with Gasteiger partial charge < -0.3 is 13.7 Å². The second kappa shape index (κ2) is 5.44. The van der Waals surface area contributed by atoms with E-state index in [0.29, 0.717) is 11.8 Å². The van der Waals surface area contributed by atoms with Crippen LogP contribution < -0.4 is 4.74 Å². The predicted molar refractivity (Wildman–Crippen MR) is 66.8 cm³/mol. The van der Waals surface area contributed by atoms with Crippen LogP contribution in [0.5, 0.6) is 5.88 Å². The number of hydrogen-bond donors (Lipinski definition) is 0. The second-order valence-corrected chi connectivity index (χ2v) is 4.76. The molecule has 0 amide bonds. The van der Waals surface area contributed by atoms with Gasteiger partial charge in [-0.2, -0.15) is 0 Å². The molecule has 1 saturated heterocycles. The molecular formula is C13H17N3O3. The molecule has 0 N–H and O–H groups in total. The Morgan fingerprint density at radius 1 is 1.42 bits per heavy atom. The van der Waals surface area contributed by atoms with Crippen LogP contribution in [0.1, 0.15) is 30.4 Å². The molecule has 6 nitrogen and oxygen atoms in total. The van der Waals surface area contributed by atoms with Crippen molar-refractivity contribution < 1.29 is 13.7 Å². The number of nitrogens with zero attached hydrogens (tertiary/aromatic N) is 3. The van der Waals surface area contributed by atoms with E-state index >= 15 is 0 Å². The minimum absolute atomic E-state index is 0.440. The fourth-order valence-electron chi connectivity index (χ4n) is 2.46. The van der Waals surface area contributed by atoms with Crippen LogP contribution in [0, 0.1) is 0 Å². The Balaban J connectivity index is 1.52. The molecule has 3 heterocycles. The third kappa shape index (κ3) is 2.78. The average molecular weight is 263 g/mol. The van der Waals surface area contributed by atoms with Crippen molar-refractivity contribution in [2.45, 2.75) is 25.3 Å². The van der Waals surface area contributed by atoms with Gasteiger partial charge in [-0.15, -0.1) is 0 Å². The standard InChI is InChI=1S/C13H17N3O3/c1-17-12-8-11(19-15-12)9-16-5-2-10(3-6-16)13-14-4-7-18-13/h4,7-8,10H,2-3,5-6,9H2,1H3. The van der Waals surface area contributed by atoms with Gasteiger partial charge in [0.25, 0.3) is 5.88 Å². The van der Waals surface area contributed by atoms with Gasteiger partial charge in [0, 0.05) is 12.0 Å². The van der Waals surface area contributed by atoms with Crippen LogP contribution in [-0.4, -0.2) is 35.2 Å². The largest absolute Gasteiger partial charge is 0.479 e. The number of methoxy groups -OCH3 is 1. The summed E-state index contributed by atoms with van der Waals surface area (Å²) in [4.78, 5) is 6.58. The zero-order valence-corrected chi connectivity index (χ0v) is 10.9. The van der Waals surface area contributed by atoms with Gasteiger partial charge in [-0.05, 0) is 31.1 Å². The van der Waals surface area contributed by atoms with Gasteiger partial charge in [0.05, 0.1) is 19.9 Å². The van der Waals surface area contributed by atoms with Crippen LogP contribution in [0.15, 0.2) is 27.5 Å². The Hall–Kier alpha value is -1.82. The highest BCUT2D eigenvalue weighted by Crippen LogP contribution is 2.27. The minimum atomic E-state index is 0.440. The van der Waals surface area contributed by atoms with E-state index in [0.717, 1.165) is 44.1 Å². The highest BCUT2D eigenvalue weighted by Gasteiger charge is 2.24. The number of piperidine rings is 1. The number of oxazole rings is 1. The Bertz CT molecular complexity index is 501. The lowest BCUT2D eigenvalue weighted by atomic mass is 9.97. The molecule has 0 saturated carbocycles. The molecule has 2 aromatic rings. The first-order valence-electron chi connectivity index (χ1n) is 6.46. The SMILES string of the molecule is COc1cc(CN2CCC(c3ncco3)CC2)on1. The Morgan fingerprint density at radius 3 is 2.89 bits per heavy atom. The van der Waals surface area contributed by atoms with E-state index in [2.05, 4.69) is 15.0 Å². The van der Waals surface area contributed by atoms with E-state index in [9.17, 15) is 0 Å². The molecule has 0 aliphatic carbocycles. The number of ether oxygens (including phenoxy) is 1. The maximum Gasteiger partial charge on any atom is 0.254 e. The van der Waals surface area contributed by atoms with Crippen LogP contribution in [0.25, 0.3) is 0 Å². The highest BCUT2D eigenvalue weighted by atomic mass is 16.5. The lowest BCUT2D eigenvalue weighted by Crippen LogP contribution is -2.32. The molecule has 0 aromatic carbocycles. The lowest BCUT2D eigenvalue weighted by molar-refractivity contribution is 0.174. The van der Waals surface area contributed by atoms with Crippen LogP contribution in [-0.2, 0) is 6.54 Å². The van der Waals surface area contributed by atoms with E-state index in [4.69, 9.17) is 13.7 Å². The lowest BCUT2D eigenvalue weighted by Gasteiger charge is -2.29. The molecular weight excluding hydrogens is 246 g/mol. The number of likely N-dealkylation sites (tertiary alicyclic amines) is 1. The Kier molecular flexibility index (Phi) is 3.50. The fourth-order valence-corrected chi connectivity index (χ4v) is 2.46. The number of rotatable bonds is 4. The van der Waals surface area contributed by atoms with Gasteiger partial charge >= 0.3 is 0 Å². The third-order valence-electron chi connectivity index (χ3n) is 3.51. The summed E-state index contributed by atoms with van der Waals surface area (Å²) in [5, 5.41) is 3.81. The molecule has 1 aliphatic rings. The molecule has 6 heteroatoms. The summed E-state index contributed by atoms with van der Waals surface area (Å²) < 4.78 is 15.6. The first-order chi connectivity index (χ1) is 9.35. The van der Waals surface area contributed by atoms with E-state index in [1.807, 2.05) is 6.07 Å². The molecule has 0 unspecified atom stereocenters. The zero-order chi connectivity index (χ0) is 13.1. The Morgan fingerprint density at radius 2 is 2.26 bits per heavy atom. The minimum Gasteiger partial charge on any atom is -0.479 e. The van der Waals surface area contributed by atoms with Gasteiger partial charge in [0.15, 0.2) is 11.7 Å². The molecule has 0 bridgehead atoms. The molecule has 1 fully saturated rings. The van der Waals surface area contributed by atoms with Crippen LogP contribution >= 0.6 is 0 Å². The summed E-state index contributed by atoms with van der Waals surface area (Å²) in [7, 11) is 1.59. The molecule has 0 atom stereocenters. The van der Waals surface area contributed by atoms with Crippen molar-refractivity contribution in [1.29, 1.82) is 0 Å². The molecule has 0 radical (unpaired) electrons. The van der Waals surface area contributed by atoms with Gasteiger partial charge in [0.2, 0.25) is 0 Å². The Labute approximate surface area is 111 Å². The van der Waals surface area contributed by atoms with E-state index in [1.165, 1.54) is 0 Å². The molecule has 3 rings (SSSR count). The zero-order valence-electron chi connectivity index (χ0n) is 10.9. The van der Waals surface area contributed by atoms with E-state index < -0.39 is 0 Å². The van der Waals surface area contributed by atoms with Crippen LogP contribution in [0.4, 0.5) is 0 Å². The maximum atomic E-state index is 5.37. The van der Waals surface area contributed by atoms with Crippen molar-refractivity contribution in [3.8, 4) is 5.88 Å². The quantitative estimate of drug-likeness (QED) is 0.841. The van der Waals surface area contributed by atoms with Crippen molar-refractivity contribution >= 4 is 0 Å². The molecule has 1 aliphatic heterocycles. The van der Waals surface area contributed by atoms with Crippen molar-refractivity contribution in [3.05, 3.63) is 30.2 Å². The predicted octanol–water partition coefficient (Wildman–Crippen LogP) is 2.05. The topological polar surface area (TPSA) is 64.5 Å². The second-order valence-electron chi connectivity index (χ2n) is 4.76. The summed E-state index contributed by atoms with van der Waals surface area (Å²) in [6.07, 6.45) is 5.47. The van der Waals surface area contributed by atoms with Crippen molar-refractivity contribution in [2.75, 3.05) is 20.2 Å². The normalized spacial score (nSPS) is 17.7. The number of aromatic nitrogens is 2. The molecule has 102 valence electrons. The van der Waals surface area contributed by atoms with Crippen LogP contribution in [0.2, 0.25) is 0 Å². The summed E-state index contributed by atoms with van der Waals surface area (Å²) in [5.74, 6) is 2.67. The number of hydrogen-bond acceptors (Lipinski definition) is 6. The summed E-state index contributed by atoms with van der Waals surface area (Å²) in [5.41, 5.74) is 0. The molecule has 2 aromatic heterocycles. The molecule has 19 heavy (non-hydrogen) atoms. The van der Waals surface area contributed by atoms with Crippen molar-refractivity contribution in [1.82, 2.24) is 15.0 Å². The van der Waals surface area contributed by atoms with Crippen molar-refractivity contribution in [2.24, 2.45) is 0 Å². The molecule has 0 spiro atoms. The van der Waals surface area contributed by atoms with E-state index in [1.54, 1.807) is 19.6 Å². The van der Waals surface area contributed by atoms with Crippen LogP contribution in [0.3, 0.4) is 0 Å². The first-order valence-corrected chi connectivity index (χ1v) is 6.46. The van der Waals surface area contributed by atoms with Gasteiger partial charge in [-0.3, -0.25) is 4.90 Å². The van der Waals surface area contributed by atoms with Gasteiger partial charge in [-0.25, -0.2) is 4.98 Å². The summed E-state index contributed by atoms with van der Waals surface area (Å²) in [6.45, 7) is 2.79. The summed E-state index contributed by atoms with van der Waals surface area (Å²) >= 11 is 0. The highest BCUT2D eigenvalue weighted by molar-refractivity contribution is 5.10. The maximum absolute atomic E-state index is 5.37.